The van der Waals surface area contributed by atoms with Crippen molar-refractivity contribution < 1.29 is 23.9 Å². The highest BCUT2D eigenvalue weighted by molar-refractivity contribution is 9.10. The van der Waals surface area contributed by atoms with Crippen molar-refractivity contribution in [3.05, 3.63) is 103 Å². The minimum Gasteiger partial charge on any atom is -0.454 e. The maximum atomic E-state index is 13.4. The van der Waals surface area contributed by atoms with E-state index in [9.17, 15) is 19.2 Å². The zero-order valence-corrected chi connectivity index (χ0v) is 27.1. The van der Waals surface area contributed by atoms with E-state index in [0.717, 1.165) is 10.9 Å². The van der Waals surface area contributed by atoms with E-state index >= 15 is 0 Å². The molecule has 3 aliphatic rings. The average Bonchev–Trinajstić information content (AvgIpc) is 3.72. The fraction of sp³-hybridized carbons (Fsp3) is 0.206. The molecule has 2 heterocycles. The number of allylic oxidation sites excluding steroid dienone is 2. The zero-order chi connectivity index (χ0) is 30.9. The van der Waals surface area contributed by atoms with E-state index in [4.69, 9.17) is 21.3 Å². The maximum absolute atomic E-state index is 13.4. The molecule has 0 N–H and O–H groups in total. The van der Waals surface area contributed by atoms with Crippen molar-refractivity contribution in [1.29, 1.82) is 0 Å². The lowest BCUT2D eigenvalue weighted by Gasteiger charge is -2.18. The molecule has 220 valence electrons. The number of esters is 1. The van der Waals surface area contributed by atoms with Gasteiger partial charge in [-0.3, -0.25) is 19.3 Å². The number of nitrogens with zero attached hydrogens (tertiary/aromatic N) is 2. The first-order valence-corrected chi connectivity index (χ1v) is 16.0. The second kappa shape index (κ2) is 11.1. The van der Waals surface area contributed by atoms with Crippen molar-refractivity contribution in [2.45, 2.75) is 13.3 Å². The summed E-state index contributed by atoms with van der Waals surface area (Å²) in [6.45, 7) is 1.38. The molecule has 4 atom stereocenters. The first-order chi connectivity index (χ1) is 21.1. The third-order valence-corrected chi connectivity index (χ3v) is 10.7. The molecule has 1 aromatic heterocycles. The van der Waals surface area contributed by atoms with Gasteiger partial charge in [0.2, 0.25) is 11.8 Å². The van der Waals surface area contributed by atoms with Gasteiger partial charge in [-0.15, -0.1) is 0 Å². The number of ether oxygens (including phenoxy) is 1. The third-order valence-electron chi connectivity index (χ3n) is 8.84. The lowest BCUT2D eigenvalue weighted by Crippen LogP contribution is -2.32. The Balaban J connectivity index is 1.20. The molecule has 4 unspecified atom stereocenters. The number of carbonyl (C=O) groups excluding carboxylic acids is 4. The lowest BCUT2D eigenvalue weighted by atomic mass is 9.85. The van der Waals surface area contributed by atoms with Crippen LogP contribution >= 0.6 is 43.5 Å². The standard InChI is InChI=1S/C34H23Br2ClN2O5/c1-16-30(37)25(36)13-23-24(34(43)44-15-27(40)18-4-8-21(35)9-5-18)14-26(38-31(16)23)17-6-10-22(11-7-17)39-32(41)28-19-2-3-20(12-19)29(28)33(39)42/h2-11,13-14,19-20,28-29H,12,15H2,1H3. The number of anilines is 1. The van der Waals surface area contributed by atoms with Gasteiger partial charge in [-0.2, -0.15) is 0 Å². The summed E-state index contributed by atoms with van der Waals surface area (Å²) < 4.78 is 6.92. The van der Waals surface area contributed by atoms with E-state index < -0.39 is 12.6 Å². The smallest absolute Gasteiger partial charge is 0.339 e. The third kappa shape index (κ3) is 4.73. The van der Waals surface area contributed by atoms with Crippen molar-refractivity contribution in [3.63, 3.8) is 0 Å². The van der Waals surface area contributed by atoms with Crippen LogP contribution in [-0.2, 0) is 14.3 Å². The van der Waals surface area contributed by atoms with Crippen molar-refractivity contribution in [1.82, 2.24) is 4.98 Å². The second-order valence-corrected chi connectivity index (χ2v) is 13.5. The largest absolute Gasteiger partial charge is 0.454 e. The summed E-state index contributed by atoms with van der Waals surface area (Å²) in [5.41, 5.74) is 3.45. The number of ketones is 1. The highest BCUT2D eigenvalue weighted by Gasteiger charge is 2.59. The van der Waals surface area contributed by atoms with Crippen LogP contribution in [0.1, 0.15) is 32.7 Å². The van der Waals surface area contributed by atoms with Gasteiger partial charge in [0.25, 0.3) is 0 Å². The van der Waals surface area contributed by atoms with Crippen LogP contribution in [0.15, 0.2) is 81.8 Å². The van der Waals surface area contributed by atoms with Crippen LogP contribution in [0.5, 0.6) is 0 Å². The normalized spacial score (nSPS) is 21.8. The van der Waals surface area contributed by atoms with Gasteiger partial charge in [0, 0.05) is 25.5 Å². The van der Waals surface area contributed by atoms with E-state index in [1.54, 1.807) is 60.7 Å². The van der Waals surface area contributed by atoms with Crippen LogP contribution in [0.2, 0.25) is 5.02 Å². The number of hydrogen-bond acceptors (Lipinski definition) is 6. The highest BCUT2D eigenvalue weighted by Crippen LogP contribution is 2.53. The molecule has 1 saturated carbocycles. The lowest BCUT2D eigenvalue weighted by molar-refractivity contribution is -0.123. The van der Waals surface area contributed by atoms with Crippen LogP contribution in [0.4, 0.5) is 5.69 Å². The topological polar surface area (TPSA) is 93.6 Å². The van der Waals surface area contributed by atoms with E-state index in [1.807, 2.05) is 6.92 Å². The summed E-state index contributed by atoms with van der Waals surface area (Å²) in [6, 6.07) is 17.1. The molecule has 2 aliphatic carbocycles. The van der Waals surface area contributed by atoms with Crippen molar-refractivity contribution in [3.8, 4) is 11.3 Å². The van der Waals surface area contributed by atoms with Gasteiger partial charge in [0.15, 0.2) is 12.4 Å². The molecule has 2 bridgehead atoms. The van der Waals surface area contributed by atoms with E-state index in [2.05, 4.69) is 44.0 Å². The number of aryl methyl sites for hydroxylation is 1. The number of aromatic nitrogens is 1. The number of rotatable bonds is 6. The number of Topliss-reactive ketones (excluding diaryl/α,β-unsaturated/α-hetero) is 1. The first kappa shape index (κ1) is 29.1. The van der Waals surface area contributed by atoms with Crippen LogP contribution in [0.3, 0.4) is 0 Å². The molecule has 3 aromatic carbocycles. The molecule has 44 heavy (non-hydrogen) atoms. The first-order valence-electron chi connectivity index (χ1n) is 14.0. The van der Waals surface area contributed by atoms with E-state index in [1.165, 1.54) is 4.90 Å². The summed E-state index contributed by atoms with van der Waals surface area (Å²) in [6.07, 6.45) is 5.01. The van der Waals surface area contributed by atoms with Gasteiger partial charge in [0.1, 0.15) is 0 Å². The zero-order valence-electron chi connectivity index (χ0n) is 23.2. The predicted molar refractivity (Wildman–Crippen MR) is 174 cm³/mol. The molecular weight excluding hydrogens is 712 g/mol. The van der Waals surface area contributed by atoms with Crippen LogP contribution < -0.4 is 4.90 Å². The molecule has 2 amide bonds. The number of benzene rings is 3. The van der Waals surface area contributed by atoms with Crippen molar-refractivity contribution in [2.75, 3.05) is 11.5 Å². The Bertz CT molecular complexity index is 1910. The molecule has 7 nitrogen and oxygen atoms in total. The number of hydrogen-bond donors (Lipinski definition) is 0. The average molecular weight is 735 g/mol. The number of fused-ring (bicyclic) bond motifs is 6. The number of halogens is 3. The molecule has 1 saturated heterocycles. The maximum Gasteiger partial charge on any atom is 0.339 e. The van der Waals surface area contributed by atoms with Crippen molar-refractivity contribution >= 4 is 83.6 Å². The van der Waals surface area contributed by atoms with Gasteiger partial charge in [-0.05, 0) is 83.1 Å². The quantitative estimate of drug-likeness (QED) is 0.0872. The van der Waals surface area contributed by atoms with Crippen molar-refractivity contribution in [2.24, 2.45) is 23.7 Å². The van der Waals surface area contributed by atoms with Gasteiger partial charge in [0.05, 0.1) is 39.3 Å². The van der Waals surface area contributed by atoms with Crippen LogP contribution in [-0.4, -0.2) is 35.2 Å². The molecule has 0 spiro atoms. The molecule has 4 aromatic rings. The molecule has 7 rings (SSSR count). The van der Waals surface area contributed by atoms with Gasteiger partial charge in [-0.1, -0.05) is 63.9 Å². The SMILES string of the molecule is Cc1c(Cl)c(Br)cc2c(C(=O)OCC(=O)c3ccc(Br)cc3)cc(-c3ccc(N4C(=O)C5C6C=CC(C6)C5C4=O)cc3)nc12. The number of carbonyl (C=O) groups is 4. The molecule has 10 heteroatoms. The summed E-state index contributed by atoms with van der Waals surface area (Å²) in [7, 11) is 0. The fourth-order valence-electron chi connectivity index (χ4n) is 6.64. The monoisotopic (exact) mass is 732 g/mol. The number of imide groups is 1. The summed E-state index contributed by atoms with van der Waals surface area (Å²) >= 11 is 13.3. The number of pyridine rings is 1. The minimum atomic E-state index is -0.683. The predicted octanol–water partition coefficient (Wildman–Crippen LogP) is 7.74. The fourth-order valence-corrected chi connectivity index (χ4v) is 7.58. The van der Waals surface area contributed by atoms with E-state index in [0.29, 0.717) is 48.5 Å². The van der Waals surface area contributed by atoms with Crippen LogP contribution in [0, 0.1) is 30.6 Å². The minimum absolute atomic E-state index is 0.131. The highest BCUT2D eigenvalue weighted by atomic mass is 79.9. The van der Waals surface area contributed by atoms with Gasteiger partial charge < -0.3 is 4.74 Å². The Morgan fingerprint density at radius 3 is 2.23 bits per heavy atom. The van der Waals surface area contributed by atoms with Gasteiger partial charge in [-0.25, -0.2) is 9.78 Å². The van der Waals surface area contributed by atoms with Gasteiger partial charge >= 0.3 is 5.97 Å². The van der Waals surface area contributed by atoms with E-state index in [-0.39, 0.29) is 46.8 Å². The Hall–Kier alpha value is -3.66. The summed E-state index contributed by atoms with van der Waals surface area (Å²) in [5, 5.41) is 0.977. The molecule has 1 aliphatic heterocycles. The Labute approximate surface area is 274 Å². The summed E-state index contributed by atoms with van der Waals surface area (Å²) in [4.78, 5) is 58.9. The molecular formula is C34H23Br2ClN2O5. The Kier molecular flexibility index (Phi) is 7.30. The second-order valence-electron chi connectivity index (χ2n) is 11.3. The molecule has 0 radical (unpaired) electrons. The Morgan fingerprint density at radius 1 is 0.955 bits per heavy atom. The number of amides is 2. The molecule has 2 fully saturated rings. The summed E-state index contributed by atoms with van der Waals surface area (Å²) in [5.74, 6) is -1.61. The Morgan fingerprint density at radius 2 is 1.59 bits per heavy atom. The van der Waals surface area contributed by atoms with Crippen LogP contribution in [0.25, 0.3) is 22.2 Å².